The number of ether oxygens (including phenoxy) is 1. The zero-order valence-corrected chi connectivity index (χ0v) is 10.4. The van der Waals surface area contributed by atoms with Crippen molar-refractivity contribution in [2.45, 2.75) is 45.3 Å². The van der Waals surface area contributed by atoms with Crippen LogP contribution in [0.15, 0.2) is 0 Å². The lowest BCUT2D eigenvalue weighted by molar-refractivity contribution is -0.157. The van der Waals surface area contributed by atoms with E-state index in [0.717, 1.165) is 25.9 Å². The molecule has 0 aromatic heterocycles. The van der Waals surface area contributed by atoms with Crippen molar-refractivity contribution in [3.63, 3.8) is 0 Å². The molecule has 92 valence electrons. The van der Waals surface area contributed by atoms with Gasteiger partial charge in [-0.15, -0.1) is 0 Å². The second-order valence-corrected chi connectivity index (χ2v) is 6.10. The molecule has 1 aliphatic heterocycles. The van der Waals surface area contributed by atoms with Gasteiger partial charge >= 0.3 is 5.97 Å². The summed E-state index contributed by atoms with van der Waals surface area (Å²) in [5.74, 6) is -0.0684. The van der Waals surface area contributed by atoms with Crippen molar-refractivity contribution >= 4 is 5.97 Å². The van der Waals surface area contributed by atoms with Crippen molar-refractivity contribution < 1.29 is 9.53 Å². The third kappa shape index (κ3) is 2.09. The summed E-state index contributed by atoms with van der Waals surface area (Å²) in [5.41, 5.74) is 5.71. The second-order valence-electron chi connectivity index (χ2n) is 6.10. The Morgan fingerprint density at radius 1 is 1.50 bits per heavy atom. The molecular formula is C12H22N2O2. The number of hydrogen-bond acceptors (Lipinski definition) is 4. The van der Waals surface area contributed by atoms with E-state index in [0.29, 0.717) is 0 Å². The first-order chi connectivity index (χ1) is 7.35. The van der Waals surface area contributed by atoms with Crippen LogP contribution in [0.4, 0.5) is 0 Å². The topological polar surface area (TPSA) is 64.3 Å². The van der Waals surface area contributed by atoms with E-state index in [1.54, 1.807) is 0 Å². The van der Waals surface area contributed by atoms with E-state index >= 15 is 0 Å². The molecule has 0 bridgehead atoms. The van der Waals surface area contributed by atoms with Gasteiger partial charge in [-0.3, -0.25) is 4.79 Å². The molecule has 1 saturated carbocycles. The summed E-state index contributed by atoms with van der Waals surface area (Å²) in [6.45, 7) is 7.53. The number of nitrogens with two attached hydrogens (primary N) is 1. The summed E-state index contributed by atoms with van der Waals surface area (Å²) >= 11 is 0. The van der Waals surface area contributed by atoms with Gasteiger partial charge in [0.25, 0.3) is 0 Å². The van der Waals surface area contributed by atoms with Gasteiger partial charge in [0.15, 0.2) is 0 Å². The number of rotatable bonds is 1. The number of esters is 1. The molecule has 3 atom stereocenters. The molecule has 0 aromatic carbocycles. The first-order valence-electron chi connectivity index (χ1n) is 6.04. The van der Waals surface area contributed by atoms with E-state index in [4.69, 9.17) is 10.5 Å². The predicted molar refractivity (Wildman–Crippen MR) is 61.8 cm³/mol. The average Bonchev–Trinajstić information content (AvgIpc) is 2.84. The van der Waals surface area contributed by atoms with Gasteiger partial charge in [0.05, 0.1) is 5.92 Å². The summed E-state index contributed by atoms with van der Waals surface area (Å²) in [7, 11) is 0. The fourth-order valence-electron chi connectivity index (χ4n) is 2.61. The monoisotopic (exact) mass is 226 g/mol. The first kappa shape index (κ1) is 11.9. The fraction of sp³-hybridized carbons (Fsp3) is 0.917. The van der Waals surface area contributed by atoms with Crippen LogP contribution in [0.5, 0.6) is 0 Å². The van der Waals surface area contributed by atoms with E-state index in [9.17, 15) is 4.79 Å². The van der Waals surface area contributed by atoms with Gasteiger partial charge in [0.1, 0.15) is 5.60 Å². The third-order valence-electron chi connectivity index (χ3n) is 3.63. The van der Waals surface area contributed by atoms with Crippen LogP contribution in [0.3, 0.4) is 0 Å². The minimum atomic E-state index is -0.396. The molecule has 1 spiro atoms. The molecule has 4 heteroatoms. The van der Waals surface area contributed by atoms with Crippen molar-refractivity contribution in [1.29, 1.82) is 0 Å². The summed E-state index contributed by atoms with van der Waals surface area (Å²) in [6.07, 6.45) is 1.84. The normalized spacial score (nSPS) is 38.5. The van der Waals surface area contributed by atoms with Crippen LogP contribution < -0.4 is 11.1 Å². The lowest BCUT2D eigenvalue weighted by Gasteiger charge is -2.31. The summed E-state index contributed by atoms with van der Waals surface area (Å²) in [5, 5.41) is 3.33. The Morgan fingerprint density at radius 2 is 2.19 bits per heavy atom. The quantitative estimate of drug-likeness (QED) is 0.645. The van der Waals surface area contributed by atoms with Crippen molar-refractivity contribution in [3.05, 3.63) is 0 Å². The molecule has 0 amide bonds. The molecule has 16 heavy (non-hydrogen) atoms. The Labute approximate surface area is 96.9 Å². The maximum Gasteiger partial charge on any atom is 0.310 e. The molecule has 1 heterocycles. The minimum absolute atomic E-state index is 0.00882. The zero-order chi connectivity index (χ0) is 12.0. The van der Waals surface area contributed by atoms with Crippen molar-refractivity contribution in [2.75, 3.05) is 13.1 Å². The minimum Gasteiger partial charge on any atom is -0.460 e. The highest BCUT2D eigenvalue weighted by molar-refractivity contribution is 5.77. The lowest BCUT2D eigenvalue weighted by Crippen LogP contribution is -2.48. The first-order valence-corrected chi connectivity index (χ1v) is 6.04. The van der Waals surface area contributed by atoms with E-state index in [1.165, 1.54) is 0 Å². The smallest absolute Gasteiger partial charge is 0.310 e. The van der Waals surface area contributed by atoms with Crippen molar-refractivity contribution in [1.82, 2.24) is 5.32 Å². The fourth-order valence-corrected chi connectivity index (χ4v) is 2.61. The van der Waals surface area contributed by atoms with Crippen LogP contribution in [0.2, 0.25) is 0 Å². The standard InChI is InChI=1S/C12H22N2O2/c1-11(2,3)16-10(15)8-6-12(8)7-14-5-4-9(12)13/h8-9,14H,4-7,13H2,1-3H3/t8?,9-,12+/m1/s1. The molecule has 1 unspecified atom stereocenters. The highest BCUT2D eigenvalue weighted by Crippen LogP contribution is 2.56. The highest BCUT2D eigenvalue weighted by Gasteiger charge is 2.63. The van der Waals surface area contributed by atoms with Crippen LogP contribution in [0, 0.1) is 11.3 Å². The Morgan fingerprint density at radius 3 is 2.75 bits per heavy atom. The number of carbonyl (C=O) groups excluding carboxylic acids is 1. The van der Waals surface area contributed by atoms with Crippen molar-refractivity contribution in [2.24, 2.45) is 17.1 Å². The Bertz CT molecular complexity index is 298. The zero-order valence-electron chi connectivity index (χ0n) is 10.4. The molecule has 0 radical (unpaired) electrons. The van der Waals surface area contributed by atoms with Gasteiger partial charge in [-0.25, -0.2) is 0 Å². The predicted octanol–water partition coefficient (Wildman–Crippen LogP) is 0.655. The lowest BCUT2D eigenvalue weighted by atomic mass is 9.88. The average molecular weight is 226 g/mol. The third-order valence-corrected chi connectivity index (χ3v) is 3.63. The Kier molecular flexibility index (Phi) is 2.75. The van der Waals surface area contributed by atoms with Crippen LogP contribution in [-0.4, -0.2) is 30.7 Å². The molecule has 4 nitrogen and oxygen atoms in total. The molecule has 1 saturated heterocycles. The van der Waals surface area contributed by atoms with Gasteiger partial charge in [0, 0.05) is 18.0 Å². The largest absolute Gasteiger partial charge is 0.460 e. The molecule has 2 aliphatic rings. The molecule has 1 aliphatic carbocycles. The van der Waals surface area contributed by atoms with Crippen LogP contribution in [-0.2, 0) is 9.53 Å². The molecular weight excluding hydrogens is 204 g/mol. The number of hydrogen-bond donors (Lipinski definition) is 2. The number of nitrogens with one attached hydrogen (secondary N) is 1. The molecule has 0 aromatic rings. The summed E-state index contributed by atoms with van der Waals surface area (Å²) in [6, 6.07) is 0.145. The maximum absolute atomic E-state index is 11.9. The SMILES string of the molecule is CC(C)(C)OC(=O)C1C[C@]12CNCC[C@H]2N. The van der Waals surface area contributed by atoms with Gasteiger partial charge in [0.2, 0.25) is 0 Å². The van der Waals surface area contributed by atoms with E-state index in [1.807, 2.05) is 20.8 Å². The number of carbonyl (C=O) groups is 1. The second kappa shape index (κ2) is 3.70. The van der Waals surface area contributed by atoms with Crippen LogP contribution >= 0.6 is 0 Å². The van der Waals surface area contributed by atoms with E-state index < -0.39 is 5.60 Å². The van der Waals surface area contributed by atoms with E-state index in [-0.39, 0.29) is 23.3 Å². The maximum atomic E-state index is 11.9. The van der Waals surface area contributed by atoms with Crippen molar-refractivity contribution in [3.8, 4) is 0 Å². The number of piperidine rings is 1. The molecule has 2 rings (SSSR count). The molecule has 2 fully saturated rings. The summed E-state index contributed by atoms with van der Waals surface area (Å²) < 4.78 is 5.42. The van der Waals surface area contributed by atoms with Crippen LogP contribution in [0.25, 0.3) is 0 Å². The van der Waals surface area contributed by atoms with Crippen LogP contribution in [0.1, 0.15) is 33.6 Å². The Balaban J connectivity index is 1.97. The molecule has 3 N–H and O–H groups in total. The van der Waals surface area contributed by atoms with Gasteiger partial charge in [-0.2, -0.15) is 0 Å². The Hall–Kier alpha value is -0.610. The summed E-state index contributed by atoms with van der Waals surface area (Å²) in [4.78, 5) is 11.9. The van der Waals surface area contributed by atoms with Gasteiger partial charge < -0.3 is 15.8 Å². The highest BCUT2D eigenvalue weighted by atomic mass is 16.6. The van der Waals surface area contributed by atoms with Gasteiger partial charge in [-0.05, 0) is 40.2 Å². The van der Waals surface area contributed by atoms with Gasteiger partial charge in [-0.1, -0.05) is 0 Å². The van der Waals surface area contributed by atoms with E-state index in [2.05, 4.69) is 5.32 Å².